The van der Waals surface area contributed by atoms with Crippen LogP contribution in [-0.2, 0) is 6.42 Å². The molecule has 2 saturated carbocycles. The Balaban J connectivity index is 1.42. The van der Waals surface area contributed by atoms with E-state index in [0.29, 0.717) is 11.2 Å². The van der Waals surface area contributed by atoms with Crippen molar-refractivity contribution in [2.45, 2.75) is 54.5 Å². The Morgan fingerprint density at radius 2 is 2.18 bits per heavy atom. The van der Waals surface area contributed by atoms with E-state index < -0.39 is 4.92 Å². The van der Waals surface area contributed by atoms with Gasteiger partial charge in [-0.1, -0.05) is 6.07 Å². The molecular weight excluding hydrogens is 398 g/mol. The number of thiophene rings is 1. The van der Waals surface area contributed by atoms with E-state index in [1.165, 1.54) is 22.8 Å². The molecule has 0 aromatic carbocycles. The van der Waals surface area contributed by atoms with Crippen LogP contribution in [0.2, 0.25) is 0 Å². The van der Waals surface area contributed by atoms with Crippen molar-refractivity contribution >= 4 is 34.6 Å². The van der Waals surface area contributed by atoms with Gasteiger partial charge in [0.2, 0.25) is 5.82 Å². The van der Waals surface area contributed by atoms with Crippen LogP contribution >= 0.6 is 23.1 Å². The fourth-order valence-corrected chi connectivity index (χ4v) is 4.46. The highest BCUT2D eigenvalue weighted by molar-refractivity contribution is 7.99. The number of hydrogen-bond acceptors (Lipinski definition) is 9. The van der Waals surface area contributed by atoms with Gasteiger partial charge in [0.25, 0.3) is 0 Å². The summed E-state index contributed by atoms with van der Waals surface area (Å²) in [6, 6.07) is 4.80. The fourth-order valence-electron chi connectivity index (χ4n) is 2.92. The maximum absolute atomic E-state index is 11.3. The molecule has 9 nitrogen and oxygen atoms in total. The summed E-state index contributed by atoms with van der Waals surface area (Å²) < 4.78 is 2.17. The quantitative estimate of drug-likeness (QED) is 0.337. The summed E-state index contributed by atoms with van der Waals surface area (Å²) in [7, 11) is 0. The Hall–Kier alpha value is -2.53. The van der Waals surface area contributed by atoms with E-state index in [1.807, 2.05) is 6.07 Å². The molecule has 0 atom stereocenters. The first-order valence-electron chi connectivity index (χ1n) is 9.09. The van der Waals surface area contributed by atoms with Crippen molar-refractivity contribution in [1.82, 2.24) is 24.7 Å². The summed E-state index contributed by atoms with van der Waals surface area (Å²) in [5.74, 6) is 1.21. The molecular formula is C17H17N7O2S2. The normalized spacial score (nSPS) is 16.3. The van der Waals surface area contributed by atoms with Crippen LogP contribution in [0.5, 0.6) is 0 Å². The van der Waals surface area contributed by atoms with Gasteiger partial charge in [-0.15, -0.1) is 21.5 Å². The maximum Gasteiger partial charge on any atom is 0.329 e. The number of rotatable bonds is 8. The third kappa shape index (κ3) is 3.72. The average Bonchev–Trinajstić information content (AvgIpc) is 3.59. The second-order valence-electron chi connectivity index (χ2n) is 6.92. The molecule has 28 heavy (non-hydrogen) atoms. The van der Waals surface area contributed by atoms with E-state index in [0.717, 1.165) is 43.1 Å². The van der Waals surface area contributed by atoms with Crippen molar-refractivity contribution in [2.24, 2.45) is 0 Å². The van der Waals surface area contributed by atoms with Crippen LogP contribution in [0.3, 0.4) is 0 Å². The minimum absolute atomic E-state index is 0.0988. The molecule has 0 spiro atoms. The minimum Gasteiger partial charge on any atom is -0.361 e. The maximum atomic E-state index is 11.3. The van der Waals surface area contributed by atoms with E-state index in [1.54, 1.807) is 11.3 Å². The second-order valence-corrected chi connectivity index (χ2v) is 8.89. The van der Waals surface area contributed by atoms with Gasteiger partial charge in [-0.25, -0.2) is 4.98 Å². The molecule has 0 saturated heterocycles. The van der Waals surface area contributed by atoms with Crippen molar-refractivity contribution in [3.8, 4) is 0 Å². The van der Waals surface area contributed by atoms with E-state index in [9.17, 15) is 10.1 Å². The number of hydrogen-bond donors (Lipinski definition) is 1. The molecule has 2 fully saturated rings. The number of nitrogens with one attached hydrogen (secondary N) is 1. The first-order valence-corrected chi connectivity index (χ1v) is 10.8. The average molecular weight is 416 g/mol. The molecule has 2 aliphatic carbocycles. The zero-order chi connectivity index (χ0) is 19.1. The molecule has 3 heterocycles. The van der Waals surface area contributed by atoms with Crippen LogP contribution in [0.15, 0.2) is 34.0 Å². The number of aromatic nitrogens is 5. The van der Waals surface area contributed by atoms with Crippen LogP contribution in [0.1, 0.15) is 42.4 Å². The monoisotopic (exact) mass is 415 g/mol. The Labute approximate surface area is 168 Å². The Bertz CT molecular complexity index is 1010. The molecule has 3 aromatic rings. The largest absolute Gasteiger partial charge is 0.361 e. The lowest BCUT2D eigenvalue weighted by Gasteiger charge is -2.09. The van der Waals surface area contributed by atoms with Gasteiger partial charge >= 0.3 is 5.69 Å². The summed E-state index contributed by atoms with van der Waals surface area (Å²) in [5, 5.41) is 26.4. The van der Waals surface area contributed by atoms with Crippen molar-refractivity contribution in [3.05, 3.63) is 44.5 Å². The van der Waals surface area contributed by atoms with Gasteiger partial charge in [0.15, 0.2) is 10.3 Å². The molecule has 1 N–H and O–H groups in total. The second kappa shape index (κ2) is 7.13. The summed E-state index contributed by atoms with van der Waals surface area (Å²) in [6.07, 6.45) is 6.25. The lowest BCUT2D eigenvalue weighted by Crippen LogP contribution is -2.08. The SMILES string of the molecule is O=[N+]([O-])c1cnc(Sc2nnc(Cc3cccs3)n2C2CC2)nc1NC1CC1. The van der Waals surface area contributed by atoms with Gasteiger partial charge in [0.1, 0.15) is 12.0 Å². The zero-order valence-electron chi connectivity index (χ0n) is 14.8. The number of nitro groups is 1. The van der Waals surface area contributed by atoms with Gasteiger partial charge in [-0.05, 0) is 48.9 Å². The molecule has 0 amide bonds. The molecule has 0 aliphatic heterocycles. The fraction of sp³-hybridized carbons (Fsp3) is 0.412. The number of nitrogens with zero attached hydrogens (tertiary/aromatic N) is 6. The van der Waals surface area contributed by atoms with Crippen molar-refractivity contribution in [1.29, 1.82) is 0 Å². The van der Waals surface area contributed by atoms with Gasteiger partial charge in [0.05, 0.1) is 4.92 Å². The highest BCUT2D eigenvalue weighted by Crippen LogP contribution is 2.40. The van der Waals surface area contributed by atoms with Crippen LogP contribution < -0.4 is 5.32 Å². The van der Waals surface area contributed by atoms with Crippen LogP contribution in [0.25, 0.3) is 0 Å². The van der Waals surface area contributed by atoms with Gasteiger partial charge < -0.3 is 9.88 Å². The first-order chi connectivity index (χ1) is 13.7. The molecule has 11 heteroatoms. The van der Waals surface area contributed by atoms with Crippen molar-refractivity contribution in [2.75, 3.05) is 5.32 Å². The highest BCUT2D eigenvalue weighted by atomic mass is 32.2. The van der Waals surface area contributed by atoms with E-state index in [4.69, 9.17) is 0 Å². The Morgan fingerprint density at radius 1 is 1.32 bits per heavy atom. The molecule has 0 bridgehead atoms. The highest BCUT2D eigenvalue weighted by Gasteiger charge is 2.31. The number of anilines is 1. The summed E-state index contributed by atoms with van der Waals surface area (Å²) in [4.78, 5) is 20.6. The van der Waals surface area contributed by atoms with Gasteiger partial charge in [0, 0.05) is 23.4 Å². The standard InChI is InChI=1S/C17H17N7O2S2/c25-24(26)13-9-18-16(20-15(13)19-10-3-4-10)28-17-22-21-14(23(17)11-5-6-11)8-12-2-1-7-27-12/h1-2,7,9-11H,3-6,8H2,(H,18,19,20). The molecule has 5 rings (SSSR count). The Kier molecular flexibility index (Phi) is 4.47. The summed E-state index contributed by atoms with van der Waals surface area (Å²) >= 11 is 3.01. The van der Waals surface area contributed by atoms with Crippen LogP contribution in [-0.4, -0.2) is 35.7 Å². The minimum atomic E-state index is -0.453. The van der Waals surface area contributed by atoms with Crippen molar-refractivity contribution < 1.29 is 4.92 Å². The molecule has 0 unspecified atom stereocenters. The summed E-state index contributed by atoms with van der Waals surface area (Å²) in [5.41, 5.74) is -0.0988. The predicted octanol–water partition coefficient (Wildman–Crippen LogP) is 3.69. The van der Waals surface area contributed by atoms with Gasteiger partial charge in [-0.3, -0.25) is 10.1 Å². The zero-order valence-corrected chi connectivity index (χ0v) is 16.4. The van der Waals surface area contributed by atoms with E-state index in [2.05, 4.69) is 41.5 Å². The van der Waals surface area contributed by atoms with Crippen LogP contribution in [0.4, 0.5) is 11.5 Å². The molecule has 0 radical (unpaired) electrons. The van der Waals surface area contributed by atoms with Gasteiger partial charge in [-0.2, -0.15) is 4.98 Å². The Morgan fingerprint density at radius 3 is 2.86 bits per heavy atom. The predicted molar refractivity (Wildman–Crippen MR) is 105 cm³/mol. The lowest BCUT2D eigenvalue weighted by atomic mass is 10.3. The molecule has 144 valence electrons. The molecule has 3 aromatic heterocycles. The third-order valence-electron chi connectivity index (χ3n) is 4.60. The third-order valence-corrected chi connectivity index (χ3v) is 6.32. The lowest BCUT2D eigenvalue weighted by molar-refractivity contribution is -0.384. The van der Waals surface area contributed by atoms with E-state index in [-0.39, 0.29) is 17.5 Å². The molecule has 2 aliphatic rings. The van der Waals surface area contributed by atoms with Crippen molar-refractivity contribution in [3.63, 3.8) is 0 Å². The summed E-state index contributed by atoms with van der Waals surface area (Å²) in [6.45, 7) is 0. The van der Waals surface area contributed by atoms with Crippen LogP contribution in [0, 0.1) is 10.1 Å². The topological polar surface area (TPSA) is 112 Å². The first kappa shape index (κ1) is 17.6. The smallest absolute Gasteiger partial charge is 0.329 e. The van der Waals surface area contributed by atoms with E-state index >= 15 is 0 Å².